The highest BCUT2D eigenvalue weighted by Gasteiger charge is 2.15. The molecule has 0 aliphatic heterocycles. The zero-order chi connectivity index (χ0) is 12.7. The Hall–Kier alpha value is -0.900. The molecule has 2 atom stereocenters. The van der Waals surface area contributed by atoms with Crippen LogP contribution in [0.25, 0.3) is 0 Å². The van der Waals surface area contributed by atoms with Gasteiger partial charge in [0, 0.05) is 12.0 Å². The molecule has 0 spiro atoms. The molecule has 4 heteroatoms. The second-order valence-electron chi connectivity index (χ2n) is 4.84. The van der Waals surface area contributed by atoms with Crippen molar-refractivity contribution in [2.75, 3.05) is 6.54 Å². The predicted octanol–water partition coefficient (Wildman–Crippen LogP) is 1.09. The predicted molar refractivity (Wildman–Crippen MR) is 64.9 cm³/mol. The first-order chi connectivity index (χ1) is 7.36. The van der Waals surface area contributed by atoms with Crippen molar-refractivity contribution < 1.29 is 9.59 Å². The lowest BCUT2D eigenvalue weighted by molar-refractivity contribution is -0.130. The molecule has 0 aromatic carbocycles. The Balaban J connectivity index is 3.91. The number of nitrogens with two attached hydrogens (primary N) is 1. The molecule has 0 heterocycles. The van der Waals surface area contributed by atoms with Gasteiger partial charge < -0.3 is 11.1 Å². The third-order valence-corrected chi connectivity index (χ3v) is 2.54. The van der Waals surface area contributed by atoms with Gasteiger partial charge in [0.1, 0.15) is 5.78 Å². The van der Waals surface area contributed by atoms with Crippen LogP contribution in [0.5, 0.6) is 0 Å². The van der Waals surface area contributed by atoms with Crippen LogP contribution in [0.15, 0.2) is 0 Å². The maximum atomic E-state index is 11.5. The zero-order valence-corrected chi connectivity index (χ0v) is 10.7. The van der Waals surface area contributed by atoms with Crippen LogP contribution in [0.1, 0.15) is 40.5 Å². The van der Waals surface area contributed by atoms with Gasteiger partial charge in [-0.15, -0.1) is 0 Å². The van der Waals surface area contributed by atoms with Crippen molar-refractivity contribution in [2.24, 2.45) is 17.6 Å². The first-order valence-corrected chi connectivity index (χ1v) is 5.89. The minimum Gasteiger partial charge on any atom is -0.353 e. The summed E-state index contributed by atoms with van der Waals surface area (Å²) in [4.78, 5) is 22.8. The van der Waals surface area contributed by atoms with E-state index in [0.717, 1.165) is 6.42 Å². The first kappa shape index (κ1) is 15.1. The second-order valence-corrected chi connectivity index (χ2v) is 4.84. The van der Waals surface area contributed by atoms with E-state index >= 15 is 0 Å². The fourth-order valence-corrected chi connectivity index (χ4v) is 1.45. The number of hydrogen-bond donors (Lipinski definition) is 2. The topological polar surface area (TPSA) is 72.2 Å². The summed E-state index contributed by atoms with van der Waals surface area (Å²) in [6, 6.07) is 0.0750. The minimum atomic E-state index is -0.185. The number of carbonyl (C=O) groups is 2. The summed E-state index contributed by atoms with van der Waals surface area (Å²) in [6.45, 7) is 8.20. The standard InChI is InChI=1S/C12H24N2O2/c1-8(2)11(15)6-12(16)14-10(4)5-9(3)7-13/h8-10H,5-7,13H2,1-4H3,(H,14,16). The molecular weight excluding hydrogens is 204 g/mol. The van der Waals surface area contributed by atoms with E-state index in [0.29, 0.717) is 12.5 Å². The molecule has 0 aromatic rings. The van der Waals surface area contributed by atoms with E-state index < -0.39 is 0 Å². The molecule has 0 fully saturated rings. The van der Waals surface area contributed by atoms with E-state index in [1.165, 1.54) is 0 Å². The van der Waals surface area contributed by atoms with E-state index in [1.54, 1.807) is 13.8 Å². The van der Waals surface area contributed by atoms with Crippen molar-refractivity contribution >= 4 is 11.7 Å². The average Bonchev–Trinajstić information content (AvgIpc) is 2.16. The Kier molecular flexibility index (Phi) is 6.97. The Bertz CT molecular complexity index is 239. The smallest absolute Gasteiger partial charge is 0.227 e. The largest absolute Gasteiger partial charge is 0.353 e. The van der Waals surface area contributed by atoms with Crippen LogP contribution < -0.4 is 11.1 Å². The van der Waals surface area contributed by atoms with Gasteiger partial charge in [-0.25, -0.2) is 0 Å². The quantitative estimate of drug-likeness (QED) is 0.641. The monoisotopic (exact) mass is 228 g/mol. The maximum Gasteiger partial charge on any atom is 0.227 e. The van der Waals surface area contributed by atoms with Gasteiger partial charge in [0.2, 0.25) is 5.91 Å². The molecule has 0 aliphatic carbocycles. The second kappa shape index (κ2) is 7.39. The van der Waals surface area contributed by atoms with E-state index in [-0.39, 0.29) is 30.1 Å². The highest BCUT2D eigenvalue weighted by Crippen LogP contribution is 2.04. The third-order valence-electron chi connectivity index (χ3n) is 2.54. The fraction of sp³-hybridized carbons (Fsp3) is 0.833. The number of amides is 1. The fourth-order valence-electron chi connectivity index (χ4n) is 1.45. The van der Waals surface area contributed by atoms with E-state index in [9.17, 15) is 9.59 Å². The van der Waals surface area contributed by atoms with Gasteiger partial charge in [0.05, 0.1) is 6.42 Å². The lowest BCUT2D eigenvalue weighted by atomic mass is 10.0. The van der Waals surface area contributed by atoms with Gasteiger partial charge in [-0.2, -0.15) is 0 Å². The molecule has 0 aromatic heterocycles. The molecule has 1 amide bonds. The summed E-state index contributed by atoms with van der Waals surface area (Å²) in [5.74, 6) is 0.104. The molecule has 3 N–H and O–H groups in total. The van der Waals surface area contributed by atoms with Crippen molar-refractivity contribution in [3.63, 3.8) is 0 Å². The van der Waals surface area contributed by atoms with Crippen LogP contribution >= 0.6 is 0 Å². The van der Waals surface area contributed by atoms with Crippen LogP contribution in [-0.2, 0) is 9.59 Å². The number of rotatable bonds is 7. The molecule has 0 radical (unpaired) electrons. The van der Waals surface area contributed by atoms with Crippen LogP contribution in [0, 0.1) is 11.8 Å². The zero-order valence-electron chi connectivity index (χ0n) is 10.7. The highest BCUT2D eigenvalue weighted by atomic mass is 16.2. The van der Waals surface area contributed by atoms with E-state index in [1.807, 2.05) is 13.8 Å². The average molecular weight is 228 g/mol. The van der Waals surface area contributed by atoms with Crippen molar-refractivity contribution in [1.29, 1.82) is 0 Å². The van der Waals surface area contributed by atoms with Gasteiger partial charge in [-0.05, 0) is 25.8 Å². The van der Waals surface area contributed by atoms with Crippen LogP contribution in [0.4, 0.5) is 0 Å². The molecule has 2 unspecified atom stereocenters. The highest BCUT2D eigenvalue weighted by molar-refractivity contribution is 5.98. The van der Waals surface area contributed by atoms with Crippen molar-refractivity contribution in [3.05, 3.63) is 0 Å². The van der Waals surface area contributed by atoms with Crippen molar-refractivity contribution in [3.8, 4) is 0 Å². The summed E-state index contributed by atoms with van der Waals surface area (Å²) < 4.78 is 0. The number of carbonyl (C=O) groups excluding carboxylic acids is 2. The number of ketones is 1. The molecule has 4 nitrogen and oxygen atoms in total. The number of Topliss-reactive ketones (excluding diaryl/α,β-unsaturated/α-hetero) is 1. The molecular formula is C12H24N2O2. The lowest BCUT2D eigenvalue weighted by Gasteiger charge is -2.17. The number of hydrogen-bond acceptors (Lipinski definition) is 3. The minimum absolute atomic E-state index is 0.0149. The molecule has 16 heavy (non-hydrogen) atoms. The summed E-state index contributed by atoms with van der Waals surface area (Å²) in [6.07, 6.45) is 0.830. The third kappa shape index (κ3) is 6.56. The van der Waals surface area contributed by atoms with Gasteiger partial charge in [-0.3, -0.25) is 9.59 Å². The lowest BCUT2D eigenvalue weighted by Crippen LogP contribution is -2.36. The normalized spacial score (nSPS) is 14.6. The first-order valence-electron chi connectivity index (χ1n) is 5.89. The number of nitrogens with one attached hydrogen (secondary N) is 1. The Labute approximate surface area is 98.0 Å². The van der Waals surface area contributed by atoms with Crippen LogP contribution in [0.2, 0.25) is 0 Å². The van der Waals surface area contributed by atoms with Gasteiger partial charge in [0.25, 0.3) is 0 Å². The molecule has 0 saturated heterocycles. The van der Waals surface area contributed by atoms with Crippen LogP contribution in [-0.4, -0.2) is 24.3 Å². The Morgan fingerprint density at radius 1 is 1.19 bits per heavy atom. The Morgan fingerprint density at radius 2 is 1.75 bits per heavy atom. The van der Waals surface area contributed by atoms with Gasteiger partial charge in [-0.1, -0.05) is 20.8 Å². The van der Waals surface area contributed by atoms with Crippen molar-refractivity contribution in [1.82, 2.24) is 5.32 Å². The molecule has 0 rings (SSSR count). The summed E-state index contributed by atoms with van der Waals surface area (Å²) in [5.41, 5.74) is 5.50. The SMILES string of the molecule is CC(CN)CC(C)NC(=O)CC(=O)C(C)C. The van der Waals surface area contributed by atoms with E-state index in [4.69, 9.17) is 5.73 Å². The van der Waals surface area contributed by atoms with Gasteiger partial charge >= 0.3 is 0 Å². The van der Waals surface area contributed by atoms with Crippen molar-refractivity contribution in [2.45, 2.75) is 46.6 Å². The van der Waals surface area contributed by atoms with Gasteiger partial charge in [0.15, 0.2) is 0 Å². The Morgan fingerprint density at radius 3 is 2.19 bits per heavy atom. The molecule has 0 saturated carbocycles. The molecule has 0 aliphatic rings. The van der Waals surface area contributed by atoms with E-state index in [2.05, 4.69) is 5.32 Å². The maximum absolute atomic E-state index is 11.5. The van der Waals surface area contributed by atoms with Crippen LogP contribution in [0.3, 0.4) is 0 Å². The molecule has 94 valence electrons. The summed E-state index contributed by atoms with van der Waals surface area (Å²) >= 11 is 0. The summed E-state index contributed by atoms with van der Waals surface area (Å²) in [7, 11) is 0. The summed E-state index contributed by atoms with van der Waals surface area (Å²) in [5, 5.41) is 2.82. The molecule has 0 bridgehead atoms.